The van der Waals surface area contributed by atoms with Crippen LogP contribution in [0.25, 0.3) is 0 Å². The SMILES string of the molecule is CC(CCN)c1cc(CF)cc2c1OCO2. The van der Waals surface area contributed by atoms with Gasteiger partial charge in [-0.15, -0.1) is 0 Å². The Morgan fingerprint density at radius 3 is 2.94 bits per heavy atom. The number of benzene rings is 1. The van der Waals surface area contributed by atoms with Crippen LogP contribution in [-0.2, 0) is 6.67 Å². The summed E-state index contributed by atoms with van der Waals surface area (Å²) in [6.07, 6.45) is 0.853. The summed E-state index contributed by atoms with van der Waals surface area (Å²) in [5.41, 5.74) is 7.16. The van der Waals surface area contributed by atoms with E-state index in [1.54, 1.807) is 6.07 Å². The molecule has 1 aromatic rings. The molecular weight excluding hydrogens is 209 g/mol. The van der Waals surface area contributed by atoms with Gasteiger partial charge in [0.1, 0.15) is 6.67 Å². The topological polar surface area (TPSA) is 44.5 Å². The number of fused-ring (bicyclic) bond motifs is 1. The molecule has 16 heavy (non-hydrogen) atoms. The van der Waals surface area contributed by atoms with E-state index in [2.05, 4.69) is 6.92 Å². The van der Waals surface area contributed by atoms with Crippen molar-refractivity contribution in [2.24, 2.45) is 5.73 Å². The third-order valence-electron chi connectivity index (χ3n) is 2.85. The van der Waals surface area contributed by atoms with Crippen molar-refractivity contribution in [1.29, 1.82) is 0 Å². The zero-order chi connectivity index (χ0) is 11.5. The number of ether oxygens (including phenoxy) is 2. The quantitative estimate of drug-likeness (QED) is 0.855. The smallest absolute Gasteiger partial charge is 0.231 e. The Balaban J connectivity index is 2.38. The molecule has 1 aliphatic rings. The van der Waals surface area contributed by atoms with Crippen molar-refractivity contribution in [1.82, 2.24) is 0 Å². The van der Waals surface area contributed by atoms with Crippen LogP contribution in [0.1, 0.15) is 30.4 Å². The van der Waals surface area contributed by atoms with Gasteiger partial charge in [0.05, 0.1) is 0 Å². The molecule has 0 radical (unpaired) electrons. The van der Waals surface area contributed by atoms with Crippen molar-refractivity contribution in [2.45, 2.75) is 25.9 Å². The highest BCUT2D eigenvalue weighted by Crippen LogP contribution is 2.41. The number of rotatable bonds is 4. The summed E-state index contributed by atoms with van der Waals surface area (Å²) in [5, 5.41) is 0. The van der Waals surface area contributed by atoms with E-state index in [0.717, 1.165) is 17.7 Å². The molecule has 2 rings (SSSR count). The van der Waals surface area contributed by atoms with Crippen molar-refractivity contribution in [3.05, 3.63) is 23.3 Å². The minimum Gasteiger partial charge on any atom is -0.454 e. The molecule has 0 saturated heterocycles. The van der Waals surface area contributed by atoms with Gasteiger partial charge >= 0.3 is 0 Å². The van der Waals surface area contributed by atoms with Crippen molar-refractivity contribution in [2.75, 3.05) is 13.3 Å². The fourth-order valence-corrected chi connectivity index (χ4v) is 1.95. The number of halogens is 1. The molecule has 0 saturated carbocycles. The predicted molar refractivity (Wildman–Crippen MR) is 59.5 cm³/mol. The first-order valence-corrected chi connectivity index (χ1v) is 5.44. The maximum absolute atomic E-state index is 12.7. The molecular formula is C12H16FNO2. The summed E-state index contributed by atoms with van der Waals surface area (Å²) in [4.78, 5) is 0. The Kier molecular flexibility index (Phi) is 3.29. The van der Waals surface area contributed by atoms with E-state index < -0.39 is 6.67 Å². The number of alkyl halides is 1. The molecule has 1 atom stereocenters. The molecule has 4 heteroatoms. The molecule has 1 heterocycles. The first kappa shape index (κ1) is 11.2. The Labute approximate surface area is 94.3 Å². The molecule has 1 aromatic carbocycles. The van der Waals surface area contributed by atoms with Crippen LogP contribution in [0.5, 0.6) is 11.5 Å². The van der Waals surface area contributed by atoms with Gasteiger partial charge in [-0.05, 0) is 36.6 Å². The van der Waals surface area contributed by atoms with Crippen LogP contribution in [0.4, 0.5) is 4.39 Å². The zero-order valence-corrected chi connectivity index (χ0v) is 9.33. The van der Waals surface area contributed by atoms with Crippen molar-refractivity contribution in [3.63, 3.8) is 0 Å². The molecule has 3 nitrogen and oxygen atoms in total. The van der Waals surface area contributed by atoms with Crippen LogP contribution in [0.15, 0.2) is 12.1 Å². The molecule has 0 spiro atoms. The lowest BCUT2D eigenvalue weighted by Gasteiger charge is -2.14. The van der Waals surface area contributed by atoms with E-state index in [1.807, 2.05) is 6.07 Å². The Morgan fingerprint density at radius 1 is 1.44 bits per heavy atom. The lowest BCUT2D eigenvalue weighted by molar-refractivity contribution is 0.173. The minimum atomic E-state index is -0.487. The molecule has 1 unspecified atom stereocenters. The average molecular weight is 225 g/mol. The van der Waals surface area contributed by atoms with Crippen molar-refractivity contribution < 1.29 is 13.9 Å². The standard InChI is InChI=1S/C12H16FNO2/c1-8(2-3-14)10-4-9(6-13)5-11-12(10)16-7-15-11/h4-5,8H,2-3,6-7,14H2,1H3. The number of nitrogens with two attached hydrogens (primary N) is 1. The summed E-state index contributed by atoms with van der Waals surface area (Å²) >= 11 is 0. The van der Waals surface area contributed by atoms with Gasteiger partial charge in [-0.2, -0.15) is 0 Å². The summed E-state index contributed by atoms with van der Waals surface area (Å²) in [7, 11) is 0. The van der Waals surface area contributed by atoms with Gasteiger partial charge in [-0.3, -0.25) is 0 Å². The fraction of sp³-hybridized carbons (Fsp3) is 0.500. The third-order valence-corrected chi connectivity index (χ3v) is 2.85. The summed E-state index contributed by atoms with van der Waals surface area (Å²) in [5.74, 6) is 1.65. The highest BCUT2D eigenvalue weighted by atomic mass is 19.1. The minimum absolute atomic E-state index is 0.216. The fourth-order valence-electron chi connectivity index (χ4n) is 1.95. The average Bonchev–Trinajstić information content (AvgIpc) is 2.75. The second kappa shape index (κ2) is 4.70. The van der Waals surface area contributed by atoms with Crippen molar-refractivity contribution in [3.8, 4) is 11.5 Å². The second-order valence-corrected chi connectivity index (χ2v) is 4.03. The summed E-state index contributed by atoms with van der Waals surface area (Å²) < 4.78 is 23.4. The van der Waals surface area contributed by atoms with Gasteiger partial charge in [0, 0.05) is 5.56 Å². The maximum Gasteiger partial charge on any atom is 0.231 e. The van der Waals surface area contributed by atoms with Gasteiger partial charge in [-0.25, -0.2) is 4.39 Å². The third kappa shape index (κ3) is 1.97. The predicted octanol–water partition coefficient (Wildman–Crippen LogP) is 2.34. The van der Waals surface area contributed by atoms with Crippen LogP contribution in [-0.4, -0.2) is 13.3 Å². The molecule has 88 valence electrons. The van der Waals surface area contributed by atoms with E-state index in [4.69, 9.17) is 15.2 Å². The van der Waals surface area contributed by atoms with E-state index in [9.17, 15) is 4.39 Å². The van der Waals surface area contributed by atoms with Gasteiger partial charge in [-0.1, -0.05) is 6.92 Å². The van der Waals surface area contributed by atoms with E-state index in [1.165, 1.54) is 0 Å². The van der Waals surface area contributed by atoms with Gasteiger partial charge in [0.25, 0.3) is 0 Å². The number of hydrogen-bond donors (Lipinski definition) is 1. The van der Waals surface area contributed by atoms with Crippen LogP contribution >= 0.6 is 0 Å². The zero-order valence-electron chi connectivity index (χ0n) is 9.33. The second-order valence-electron chi connectivity index (χ2n) is 4.03. The normalized spacial score (nSPS) is 15.2. The maximum atomic E-state index is 12.7. The molecule has 0 aromatic heterocycles. The van der Waals surface area contributed by atoms with Crippen LogP contribution in [0.2, 0.25) is 0 Å². The molecule has 0 aliphatic carbocycles. The van der Waals surface area contributed by atoms with Gasteiger partial charge < -0.3 is 15.2 Å². The molecule has 0 amide bonds. The van der Waals surface area contributed by atoms with Crippen molar-refractivity contribution >= 4 is 0 Å². The lowest BCUT2D eigenvalue weighted by Crippen LogP contribution is -2.05. The van der Waals surface area contributed by atoms with Crippen LogP contribution in [0, 0.1) is 0 Å². The van der Waals surface area contributed by atoms with E-state index in [0.29, 0.717) is 17.9 Å². The number of hydrogen-bond acceptors (Lipinski definition) is 3. The van der Waals surface area contributed by atoms with Crippen LogP contribution in [0.3, 0.4) is 0 Å². The summed E-state index contributed by atoms with van der Waals surface area (Å²) in [6, 6.07) is 3.54. The molecule has 2 N–H and O–H groups in total. The molecule has 0 bridgehead atoms. The van der Waals surface area contributed by atoms with E-state index >= 15 is 0 Å². The molecule has 0 fully saturated rings. The first-order chi connectivity index (χ1) is 7.76. The Morgan fingerprint density at radius 2 is 2.25 bits per heavy atom. The Hall–Kier alpha value is -1.29. The largest absolute Gasteiger partial charge is 0.454 e. The van der Waals surface area contributed by atoms with Gasteiger partial charge in [0.15, 0.2) is 11.5 Å². The monoisotopic (exact) mass is 225 g/mol. The summed E-state index contributed by atoms with van der Waals surface area (Å²) in [6.45, 7) is 2.40. The Bertz CT molecular complexity index is 382. The molecule has 1 aliphatic heterocycles. The highest BCUT2D eigenvalue weighted by Gasteiger charge is 2.22. The van der Waals surface area contributed by atoms with Gasteiger partial charge in [0.2, 0.25) is 6.79 Å². The lowest BCUT2D eigenvalue weighted by atomic mass is 9.95. The van der Waals surface area contributed by atoms with E-state index in [-0.39, 0.29) is 12.7 Å². The highest BCUT2D eigenvalue weighted by molar-refractivity contribution is 5.52. The van der Waals surface area contributed by atoms with Crippen LogP contribution < -0.4 is 15.2 Å². The first-order valence-electron chi connectivity index (χ1n) is 5.44.